The Labute approximate surface area is 81.1 Å². The van der Waals surface area contributed by atoms with Crippen molar-refractivity contribution in [2.45, 2.75) is 0 Å². The fraction of sp³-hybridized carbons (Fsp3) is 0.250. The number of aromatic amines is 1. The van der Waals surface area contributed by atoms with Gasteiger partial charge >= 0.3 is 0 Å². The molecule has 0 unspecified atom stereocenters. The van der Waals surface area contributed by atoms with E-state index in [1.807, 2.05) is 0 Å². The minimum Gasteiger partial charge on any atom is -0.432 e. The summed E-state index contributed by atoms with van der Waals surface area (Å²) in [4.78, 5) is 15.0. The highest BCUT2D eigenvalue weighted by molar-refractivity contribution is 7.80. The van der Waals surface area contributed by atoms with E-state index in [1.54, 1.807) is 25.1 Å². The molecule has 0 spiro atoms. The Morgan fingerprint density at radius 1 is 1.62 bits per heavy atom. The average molecular weight is 198 g/mol. The van der Waals surface area contributed by atoms with Crippen LogP contribution in [0.15, 0.2) is 23.1 Å². The van der Waals surface area contributed by atoms with Crippen molar-refractivity contribution in [1.82, 2.24) is 9.88 Å². The number of thiocarbonyl (C=S) groups is 1. The lowest BCUT2D eigenvalue weighted by atomic mass is 10.4. The molecule has 0 fully saturated rings. The first-order valence-electron chi connectivity index (χ1n) is 3.67. The van der Waals surface area contributed by atoms with Crippen molar-refractivity contribution in [3.8, 4) is 5.75 Å². The summed E-state index contributed by atoms with van der Waals surface area (Å²) in [6, 6.07) is 2.98. The van der Waals surface area contributed by atoms with Crippen LogP contribution in [0.1, 0.15) is 0 Å². The maximum Gasteiger partial charge on any atom is 0.264 e. The van der Waals surface area contributed by atoms with E-state index in [4.69, 9.17) is 17.0 Å². The largest absolute Gasteiger partial charge is 0.432 e. The Kier molecular flexibility index (Phi) is 3.02. The summed E-state index contributed by atoms with van der Waals surface area (Å²) in [5.74, 6) is 0.447. The molecule has 4 nitrogen and oxygen atoms in total. The van der Waals surface area contributed by atoms with Crippen molar-refractivity contribution in [3.63, 3.8) is 0 Å². The van der Waals surface area contributed by atoms with Crippen LogP contribution in [0, 0.1) is 0 Å². The molecule has 1 heterocycles. The van der Waals surface area contributed by atoms with Crippen LogP contribution in [-0.2, 0) is 0 Å². The summed E-state index contributed by atoms with van der Waals surface area (Å²) >= 11 is 4.89. The van der Waals surface area contributed by atoms with Crippen LogP contribution < -0.4 is 10.3 Å². The maximum atomic E-state index is 10.8. The molecule has 0 amide bonds. The number of pyridine rings is 1. The average Bonchev–Trinajstić information content (AvgIpc) is 2.04. The van der Waals surface area contributed by atoms with E-state index in [9.17, 15) is 4.79 Å². The molecule has 0 aliphatic heterocycles. The number of H-pyrrole nitrogens is 1. The van der Waals surface area contributed by atoms with Crippen LogP contribution >= 0.6 is 12.2 Å². The molecule has 5 heteroatoms. The second-order valence-corrected chi connectivity index (χ2v) is 3.00. The van der Waals surface area contributed by atoms with Gasteiger partial charge in [-0.1, -0.05) is 0 Å². The lowest BCUT2D eigenvalue weighted by Crippen LogP contribution is -2.25. The minimum absolute atomic E-state index is 0.209. The third-order valence-electron chi connectivity index (χ3n) is 1.32. The van der Waals surface area contributed by atoms with Gasteiger partial charge in [0.25, 0.3) is 10.7 Å². The Morgan fingerprint density at radius 2 is 2.31 bits per heavy atom. The fourth-order valence-corrected chi connectivity index (χ4v) is 0.777. The zero-order chi connectivity index (χ0) is 9.84. The summed E-state index contributed by atoms with van der Waals surface area (Å²) in [6.07, 6.45) is 1.51. The third-order valence-corrected chi connectivity index (χ3v) is 1.77. The zero-order valence-electron chi connectivity index (χ0n) is 7.40. The number of ether oxygens (including phenoxy) is 1. The second kappa shape index (κ2) is 4.04. The number of nitrogens with one attached hydrogen (secondary N) is 1. The van der Waals surface area contributed by atoms with Gasteiger partial charge in [0.2, 0.25) is 0 Å². The second-order valence-electron chi connectivity index (χ2n) is 2.65. The first kappa shape index (κ1) is 9.73. The van der Waals surface area contributed by atoms with Crippen molar-refractivity contribution in [2.75, 3.05) is 14.1 Å². The smallest absolute Gasteiger partial charge is 0.264 e. The van der Waals surface area contributed by atoms with Gasteiger partial charge in [-0.25, -0.2) is 0 Å². The van der Waals surface area contributed by atoms with Crippen LogP contribution in [0.3, 0.4) is 0 Å². The summed E-state index contributed by atoms with van der Waals surface area (Å²) in [7, 11) is 3.55. The van der Waals surface area contributed by atoms with Crippen molar-refractivity contribution < 1.29 is 4.74 Å². The standard InChI is InChI=1S/C8H10N2O2S/c1-10(2)8(13)12-6-3-4-9-7(11)5-6/h3-5H,1-2H3,(H,9,11). The number of aromatic nitrogens is 1. The van der Waals surface area contributed by atoms with Crippen LogP contribution in [0.5, 0.6) is 5.75 Å². The van der Waals surface area contributed by atoms with E-state index < -0.39 is 0 Å². The summed E-state index contributed by atoms with van der Waals surface area (Å²) in [5, 5.41) is 0.325. The maximum absolute atomic E-state index is 10.8. The van der Waals surface area contributed by atoms with Gasteiger partial charge < -0.3 is 14.6 Å². The summed E-state index contributed by atoms with van der Waals surface area (Å²) in [5.41, 5.74) is -0.209. The molecular formula is C8H10N2O2S. The summed E-state index contributed by atoms with van der Waals surface area (Å²) < 4.78 is 5.19. The number of nitrogens with zero attached hydrogens (tertiary/aromatic N) is 1. The van der Waals surface area contributed by atoms with Gasteiger partial charge in [0.1, 0.15) is 5.75 Å². The predicted molar refractivity (Wildman–Crippen MR) is 54.0 cm³/mol. The van der Waals surface area contributed by atoms with E-state index in [1.165, 1.54) is 12.3 Å². The van der Waals surface area contributed by atoms with E-state index in [0.717, 1.165) is 0 Å². The van der Waals surface area contributed by atoms with Gasteiger partial charge in [0.15, 0.2) is 0 Å². The van der Waals surface area contributed by atoms with Gasteiger partial charge in [0, 0.05) is 26.4 Å². The molecule has 13 heavy (non-hydrogen) atoms. The first-order valence-corrected chi connectivity index (χ1v) is 4.08. The van der Waals surface area contributed by atoms with Gasteiger partial charge in [0.05, 0.1) is 0 Å². The Balaban J connectivity index is 2.75. The molecule has 1 aromatic rings. The number of hydrogen-bond donors (Lipinski definition) is 1. The van der Waals surface area contributed by atoms with E-state index in [-0.39, 0.29) is 5.56 Å². The molecule has 0 saturated heterocycles. The molecule has 0 aromatic carbocycles. The topological polar surface area (TPSA) is 45.3 Å². The molecular weight excluding hydrogens is 188 g/mol. The SMILES string of the molecule is CN(C)C(=S)Oc1cc[nH]c(=O)c1. The lowest BCUT2D eigenvalue weighted by Gasteiger charge is -2.13. The van der Waals surface area contributed by atoms with Gasteiger partial charge in [-0.15, -0.1) is 0 Å². The van der Waals surface area contributed by atoms with Crippen molar-refractivity contribution in [1.29, 1.82) is 0 Å². The van der Waals surface area contributed by atoms with Crippen molar-refractivity contribution >= 4 is 17.4 Å². The van der Waals surface area contributed by atoms with E-state index in [2.05, 4.69) is 4.98 Å². The fourth-order valence-electron chi connectivity index (χ4n) is 0.681. The zero-order valence-corrected chi connectivity index (χ0v) is 8.22. The van der Waals surface area contributed by atoms with Crippen LogP contribution in [0.25, 0.3) is 0 Å². The highest BCUT2D eigenvalue weighted by Gasteiger charge is 2.01. The molecule has 0 aliphatic carbocycles. The van der Waals surface area contributed by atoms with Crippen molar-refractivity contribution in [3.05, 3.63) is 28.7 Å². The molecule has 1 aromatic heterocycles. The quantitative estimate of drug-likeness (QED) is 0.671. The molecule has 0 radical (unpaired) electrons. The molecule has 0 bridgehead atoms. The molecule has 0 aliphatic rings. The van der Waals surface area contributed by atoms with Gasteiger partial charge in [-0.05, 0) is 18.3 Å². The highest BCUT2D eigenvalue weighted by atomic mass is 32.1. The monoisotopic (exact) mass is 198 g/mol. The van der Waals surface area contributed by atoms with Gasteiger partial charge in [-0.3, -0.25) is 4.79 Å². The minimum atomic E-state index is -0.209. The highest BCUT2D eigenvalue weighted by Crippen LogP contribution is 2.05. The molecule has 70 valence electrons. The molecule has 1 rings (SSSR count). The molecule has 0 saturated carbocycles. The third kappa shape index (κ3) is 2.87. The Hall–Kier alpha value is -1.36. The normalized spacial score (nSPS) is 9.38. The Morgan fingerprint density at radius 3 is 2.85 bits per heavy atom. The van der Waals surface area contributed by atoms with Crippen LogP contribution in [0.4, 0.5) is 0 Å². The molecule has 0 atom stereocenters. The molecule has 1 N–H and O–H groups in total. The van der Waals surface area contributed by atoms with Crippen LogP contribution in [0.2, 0.25) is 0 Å². The predicted octanol–water partition coefficient (Wildman–Crippen LogP) is 0.600. The Bertz CT molecular complexity index is 359. The van der Waals surface area contributed by atoms with Gasteiger partial charge in [-0.2, -0.15) is 0 Å². The first-order chi connectivity index (χ1) is 6.09. The van der Waals surface area contributed by atoms with E-state index >= 15 is 0 Å². The van der Waals surface area contributed by atoms with Crippen molar-refractivity contribution in [2.24, 2.45) is 0 Å². The number of rotatable bonds is 1. The van der Waals surface area contributed by atoms with E-state index in [0.29, 0.717) is 10.9 Å². The lowest BCUT2D eigenvalue weighted by molar-refractivity contribution is 0.448. The number of hydrogen-bond acceptors (Lipinski definition) is 3. The van der Waals surface area contributed by atoms with Crippen LogP contribution in [-0.4, -0.2) is 29.2 Å². The summed E-state index contributed by atoms with van der Waals surface area (Å²) in [6.45, 7) is 0.